The number of alkyl halides is 3. The summed E-state index contributed by atoms with van der Waals surface area (Å²) in [6.07, 6.45) is -5.92. The zero-order valence-electron chi connectivity index (χ0n) is 17.4. The lowest BCUT2D eigenvalue weighted by atomic mass is 9.88. The maximum absolute atomic E-state index is 14.5. The molecule has 1 saturated heterocycles. The second kappa shape index (κ2) is 7.48. The van der Waals surface area contributed by atoms with Gasteiger partial charge in [0.15, 0.2) is 11.1 Å². The Kier molecular flexibility index (Phi) is 4.82. The number of para-hydroxylation sites is 1. The van der Waals surface area contributed by atoms with Crippen LogP contribution in [0.2, 0.25) is 0 Å². The Bertz CT molecular complexity index is 1290. The Morgan fingerprint density at radius 1 is 1.15 bits per heavy atom. The average molecular weight is 462 g/mol. The third-order valence-corrected chi connectivity index (χ3v) is 5.86. The summed E-state index contributed by atoms with van der Waals surface area (Å²) in [5.74, 6) is -2.62. The number of oxazole rings is 1. The summed E-state index contributed by atoms with van der Waals surface area (Å²) in [5.41, 5.74) is 3.04. The van der Waals surface area contributed by atoms with Crippen LogP contribution >= 0.6 is 0 Å². The molecule has 2 aliphatic heterocycles. The van der Waals surface area contributed by atoms with E-state index in [-0.39, 0.29) is 22.7 Å². The van der Waals surface area contributed by atoms with Crippen LogP contribution in [0, 0.1) is 5.82 Å². The van der Waals surface area contributed by atoms with E-state index >= 15 is 0 Å². The lowest BCUT2D eigenvalue weighted by Crippen LogP contribution is -2.54. The molecule has 2 aromatic carbocycles. The maximum atomic E-state index is 14.5. The van der Waals surface area contributed by atoms with Crippen LogP contribution in [-0.2, 0) is 4.79 Å². The van der Waals surface area contributed by atoms with E-state index in [9.17, 15) is 22.4 Å². The lowest BCUT2D eigenvalue weighted by Gasteiger charge is -2.34. The average Bonchev–Trinajstić information content (AvgIpc) is 3.35. The Morgan fingerprint density at radius 3 is 2.61 bits per heavy atom. The molecule has 172 valence electrons. The number of hydrazine groups is 1. The summed E-state index contributed by atoms with van der Waals surface area (Å²) in [5, 5.41) is 3.77. The molecule has 5 rings (SSSR count). The summed E-state index contributed by atoms with van der Waals surface area (Å²) in [4.78, 5) is 17.7. The molecule has 0 saturated carbocycles. The van der Waals surface area contributed by atoms with Gasteiger partial charge in [-0.2, -0.15) is 13.2 Å². The molecule has 1 amide bonds. The van der Waals surface area contributed by atoms with Gasteiger partial charge in [-0.3, -0.25) is 4.79 Å². The van der Waals surface area contributed by atoms with Gasteiger partial charge in [-0.25, -0.2) is 19.8 Å². The minimum atomic E-state index is -4.74. The molecule has 2 N–H and O–H groups in total. The summed E-state index contributed by atoms with van der Waals surface area (Å²) < 4.78 is 67.3. The topological polar surface area (TPSA) is 79.6 Å². The van der Waals surface area contributed by atoms with E-state index < -0.39 is 36.0 Å². The van der Waals surface area contributed by atoms with E-state index in [0.717, 1.165) is 11.1 Å². The van der Waals surface area contributed by atoms with Crippen LogP contribution < -0.4 is 15.5 Å². The van der Waals surface area contributed by atoms with Crippen LogP contribution in [-0.4, -0.2) is 41.4 Å². The van der Waals surface area contributed by atoms with Crippen LogP contribution in [0.25, 0.3) is 16.7 Å². The highest BCUT2D eigenvalue weighted by molar-refractivity contribution is 6.20. The first-order valence-electron chi connectivity index (χ1n) is 10.0. The number of methoxy groups -OCH3 is 1. The minimum Gasteiger partial charge on any atom is -0.494 e. The van der Waals surface area contributed by atoms with Crippen LogP contribution in [0.4, 0.5) is 17.6 Å². The highest BCUT2D eigenvalue weighted by Crippen LogP contribution is 2.43. The third-order valence-electron chi connectivity index (χ3n) is 5.86. The highest BCUT2D eigenvalue weighted by Gasteiger charge is 2.58. The number of rotatable bonds is 3. The maximum Gasteiger partial charge on any atom is 0.406 e. The Balaban J connectivity index is 1.60. The predicted molar refractivity (Wildman–Crippen MR) is 109 cm³/mol. The summed E-state index contributed by atoms with van der Waals surface area (Å²) in [7, 11) is 1.46. The quantitative estimate of drug-likeness (QED) is 0.578. The molecular formula is C22H18F4N4O3. The minimum absolute atomic E-state index is 0.0351. The number of amides is 1. The van der Waals surface area contributed by atoms with Crippen molar-refractivity contribution in [3.63, 3.8) is 0 Å². The number of halogens is 4. The predicted octanol–water partition coefficient (Wildman–Crippen LogP) is 3.70. The first kappa shape index (κ1) is 21.3. The smallest absolute Gasteiger partial charge is 0.406 e. The molecule has 1 fully saturated rings. The number of aromatic nitrogens is 1. The number of nitrogens with zero attached hydrogens (tertiary/aromatic N) is 2. The normalized spacial score (nSPS) is 23.2. The van der Waals surface area contributed by atoms with Gasteiger partial charge in [-0.05, 0) is 30.7 Å². The van der Waals surface area contributed by atoms with Crippen molar-refractivity contribution in [2.24, 2.45) is 0 Å². The van der Waals surface area contributed by atoms with Gasteiger partial charge in [0.25, 0.3) is 5.91 Å². The number of carbonyl (C=O) groups is 1. The van der Waals surface area contributed by atoms with Gasteiger partial charge in [0.2, 0.25) is 5.89 Å². The molecule has 11 heteroatoms. The second-order valence-electron chi connectivity index (χ2n) is 7.79. The molecule has 3 atom stereocenters. The molecule has 3 heterocycles. The molecule has 1 aromatic heterocycles. The van der Waals surface area contributed by atoms with Crippen molar-refractivity contribution in [1.29, 1.82) is 0 Å². The monoisotopic (exact) mass is 462 g/mol. The molecule has 0 bridgehead atoms. The molecule has 0 radical (unpaired) electrons. The zero-order chi connectivity index (χ0) is 23.5. The van der Waals surface area contributed by atoms with Crippen molar-refractivity contribution in [3.8, 4) is 5.75 Å². The van der Waals surface area contributed by atoms with E-state index in [1.807, 2.05) is 0 Å². The van der Waals surface area contributed by atoms with Crippen molar-refractivity contribution < 1.29 is 31.5 Å². The van der Waals surface area contributed by atoms with E-state index in [1.54, 1.807) is 18.2 Å². The van der Waals surface area contributed by atoms with Crippen molar-refractivity contribution in [1.82, 2.24) is 20.7 Å². The summed E-state index contributed by atoms with van der Waals surface area (Å²) in [6, 6.07) is 8.03. The fourth-order valence-electron chi connectivity index (χ4n) is 4.39. The number of ether oxygens (including phenoxy) is 1. The van der Waals surface area contributed by atoms with Gasteiger partial charge >= 0.3 is 6.18 Å². The van der Waals surface area contributed by atoms with Gasteiger partial charge in [-0.1, -0.05) is 24.3 Å². The number of nitrogens with one attached hydrogen (secondary N) is 2. The van der Waals surface area contributed by atoms with Crippen LogP contribution in [0.3, 0.4) is 0 Å². The van der Waals surface area contributed by atoms with Gasteiger partial charge in [-0.15, -0.1) is 0 Å². The van der Waals surface area contributed by atoms with E-state index in [2.05, 4.69) is 15.7 Å². The SMILES string of the molecule is COc1cccc2oc(C3=C(C)NC4C(c5ccccc5F)C(C(F)(F)F)NN4C3=O)nc12. The van der Waals surface area contributed by atoms with Gasteiger partial charge in [0.1, 0.15) is 29.3 Å². The molecule has 2 aliphatic rings. The van der Waals surface area contributed by atoms with Gasteiger partial charge in [0, 0.05) is 5.70 Å². The number of hydrogen-bond donors (Lipinski definition) is 2. The molecule has 0 spiro atoms. The van der Waals surface area contributed by atoms with Gasteiger partial charge < -0.3 is 14.5 Å². The van der Waals surface area contributed by atoms with E-state index in [1.165, 1.54) is 32.2 Å². The van der Waals surface area contributed by atoms with Crippen molar-refractivity contribution in [2.45, 2.75) is 31.2 Å². The van der Waals surface area contributed by atoms with Crippen LogP contribution in [0.1, 0.15) is 24.3 Å². The largest absolute Gasteiger partial charge is 0.494 e. The zero-order valence-corrected chi connectivity index (χ0v) is 17.4. The van der Waals surface area contributed by atoms with Crippen molar-refractivity contribution in [3.05, 3.63) is 65.4 Å². The molecule has 3 aromatic rings. The number of fused-ring (bicyclic) bond motifs is 2. The Labute approximate surface area is 185 Å². The number of hydrogen-bond acceptors (Lipinski definition) is 6. The van der Waals surface area contributed by atoms with E-state index in [4.69, 9.17) is 9.15 Å². The van der Waals surface area contributed by atoms with Crippen LogP contribution in [0.5, 0.6) is 5.75 Å². The summed E-state index contributed by atoms with van der Waals surface area (Å²) in [6.45, 7) is 1.54. The summed E-state index contributed by atoms with van der Waals surface area (Å²) >= 11 is 0. The van der Waals surface area contributed by atoms with Crippen molar-refractivity contribution in [2.75, 3.05) is 7.11 Å². The van der Waals surface area contributed by atoms with Gasteiger partial charge in [0.05, 0.1) is 13.0 Å². The number of benzene rings is 2. The number of carbonyl (C=O) groups excluding carboxylic acids is 1. The molecule has 33 heavy (non-hydrogen) atoms. The van der Waals surface area contributed by atoms with Crippen molar-refractivity contribution >= 4 is 22.6 Å². The highest BCUT2D eigenvalue weighted by atomic mass is 19.4. The molecule has 7 nitrogen and oxygen atoms in total. The fourth-order valence-corrected chi connectivity index (χ4v) is 4.39. The lowest BCUT2D eigenvalue weighted by molar-refractivity contribution is -0.161. The molecule has 0 aliphatic carbocycles. The Morgan fingerprint density at radius 2 is 1.91 bits per heavy atom. The fraction of sp³-hybridized carbons (Fsp3) is 0.273. The third kappa shape index (κ3) is 3.30. The molecule has 3 unspecified atom stereocenters. The first-order valence-corrected chi connectivity index (χ1v) is 10.0. The number of allylic oxidation sites excluding steroid dienone is 1. The van der Waals surface area contributed by atoms with E-state index in [0.29, 0.717) is 16.8 Å². The first-order chi connectivity index (χ1) is 15.7. The Hall–Kier alpha value is -3.60. The standard InChI is InChI=1S/C22H18F4N4O3/c1-10-15(20-28-17-13(32-2)8-5-9-14(17)33-20)21(31)30-19(27-10)16(18(29-30)22(24,25)26)11-6-3-4-7-12(11)23/h3-9,16,18-19,27,29H,1-2H3. The van der Waals surface area contributed by atoms with Crippen LogP contribution in [0.15, 0.2) is 52.6 Å². The second-order valence-corrected chi connectivity index (χ2v) is 7.79. The molecular weight excluding hydrogens is 444 g/mol.